The number of nitrogens with one attached hydrogen (secondary N) is 1. The third-order valence-corrected chi connectivity index (χ3v) is 3.07. The topological polar surface area (TPSA) is 64.1 Å². The summed E-state index contributed by atoms with van der Waals surface area (Å²) in [4.78, 5) is 20.3. The van der Waals surface area contributed by atoms with E-state index in [4.69, 9.17) is 4.74 Å². The van der Waals surface area contributed by atoms with Crippen LogP contribution in [0.2, 0.25) is 0 Å². The van der Waals surface area contributed by atoms with E-state index >= 15 is 0 Å². The Morgan fingerprint density at radius 3 is 2.86 bits per heavy atom. The van der Waals surface area contributed by atoms with Crippen LogP contribution in [0.5, 0.6) is 5.75 Å². The summed E-state index contributed by atoms with van der Waals surface area (Å²) in [7, 11) is 1.61. The highest BCUT2D eigenvalue weighted by atomic mass is 16.5. The van der Waals surface area contributed by atoms with Gasteiger partial charge in [-0.1, -0.05) is 0 Å². The third-order valence-electron chi connectivity index (χ3n) is 3.07. The monoisotopic (exact) mass is 279 g/mol. The zero-order chi connectivity index (χ0) is 14.7. The third kappa shape index (κ3) is 2.81. The van der Waals surface area contributed by atoms with E-state index < -0.39 is 0 Å². The molecule has 0 fully saturated rings. The summed E-state index contributed by atoms with van der Waals surface area (Å²) in [5, 5.41) is 3.74. The average molecular weight is 279 g/mol. The first-order chi connectivity index (χ1) is 10.3. The van der Waals surface area contributed by atoms with Crippen LogP contribution in [0.3, 0.4) is 0 Å². The van der Waals surface area contributed by atoms with E-state index in [1.54, 1.807) is 31.6 Å². The maximum atomic E-state index is 12.1. The van der Waals surface area contributed by atoms with E-state index in [0.717, 1.165) is 16.7 Å². The van der Waals surface area contributed by atoms with Crippen LogP contribution in [-0.2, 0) is 0 Å². The number of pyridine rings is 2. The number of amides is 1. The molecule has 0 bridgehead atoms. The smallest absolute Gasteiger partial charge is 0.257 e. The van der Waals surface area contributed by atoms with Gasteiger partial charge < -0.3 is 10.1 Å². The van der Waals surface area contributed by atoms with Crippen molar-refractivity contribution in [2.75, 3.05) is 12.4 Å². The number of aromatic nitrogens is 2. The second kappa shape index (κ2) is 5.58. The molecule has 0 atom stereocenters. The summed E-state index contributed by atoms with van der Waals surface area (Å²) in [5.41, 5.74) is 1.96. The normalized spacial score (nSPS) is 10.3. The Hall–Kier alpha value is -2.95. The van der Waals surface area contributed by atoms with Crippen molar-refractivity contribution in [3.8, 4) is 5.75 Å². The lowest BCUT2D eigenvalue weighted by Crippen LogP contribution is -2.12. The number of rotatable bonds is 3. The molecule has 0 unspecified atom stereocenters. The number of anilines is 1. The van der Waals surface area contributed by atoms with Crippen LogP contribution in [0.15, 0.2) is 55.0 Å². The van der Waals surface area contributed by atoms with Crippen molar-refractivity contribution >= 4 is 22.5 Å². The van der Waals surface area contributed by atoms with E-state index in [-0.39, 0.29) is 5.91 Å². The first-order valence-corrected chi connectivity index (χ1v) is 6.41. The number of carbonyl (C=O) groups excluding carboxylic acids is 1. The summed E-state index contributed by atoms with van der Waals surface area (Å²) in [6.45, 7) is 0. The fourth-order valence-electron chi connectivity index (χ4n) is 2.00. The average Bonchev–Trinajstić information content (AvgIpc) is 2.55. The van der Waals surface area contributed by atoms with Gasteiger partial charge in [-0.15, -0.1) is 0 Å². The molecule has 3 aromatic rings. The Balaban J connectivity index is 1.86. The number of hydrogen-bond acceptors (Lipinski definition) is 4. The largest absolute Gasteiger partial charge is 0.497 e. The molecule has 0 saturated carbocycles. The highest BCUT2D eigenvalue weighted by Gasteiger charge is 2.07. The highest BCUT2D eigenvalue weighted by molar-refractivity contribution is 6.04. The molecule has 0 aliphatic carbocycles. The SMILES string of the molecule is COc1ccc2cc(NC(=O)c3cccnc3)cnc2c1. The molecule has 0 aliphatic rings. The number of hydrogen-bond donors (Lipinski definition) is 1. The molecule has 0 spiro atoms. The van der Waals surface area contributed by atoms with E-state index in [2.05, 4.69) is 15.3 Å². The van der Waals surface area contributed by atoms with Crippen LogP contribution < -0.4 is 10.1 Å². The van der Waals surface area contributed by atoms with Crippen molar-refractivity contribution in [1.82, 2.24) is 9.97 Å². The Morgan fingerprint density at radius 2 is 2.10 bits per heavy atom. The Labute approximate surface area is 121 Å². The molecule has 0 aliphatic heterocycles. The molecular formula is C16H13N3O2. The first-order valence-electron chi connectivity index (χ1n) is 6.41. The van der Waals surface area contributed by atoms with Gasteiger partial charge in [0.25, 0.3) is 5.91 Å². The number of methoxy groups -OCH3 is 1. The van der Waals surface area contributed by atoms with Gasteiger partial charge in [0, 0.05) is 23.8 Å². The highest BCUT2D eigenvalue weighted by Crippen LogP contribution is 2.21. The first kappa shape index (κ1) is 13.1. The fourth-order valence-corrected chi connectivity index (χ4v) is 2.00. The van der Waals surface area contributed by atoms with Crippen molar-refractivity contribution in [3.05, 3.63) is 60.6 Å². The summed E-state index contributed by atoms with van der Waals surface area (Å²) in [5.74, 6) is 0.542. The number of fused-ring (bicyclic) bond motifs is 1. The van der Waals surface area contributed by atoms with Crippen molar-refractivity contribution in [1.29, 1.82) is 0 Å². The van der Waals surface area contributed by atoms with Gasteiger partial charge in [0.05, 0.1) is 30.1 Å². The van der Waals surface area contributed by atoms with E-state index in [0.29, 0.717) is 11.3 Å². The van der Waals surface area contributed by atoms with Gasteiger partial charge in [-0.25, -0.2) is 0 Å². The van der Waals surface area contributed by atoms with Gasteiger partial charge >= 0.3 is 0 Å². The van der Waals surface area contributed by atoms with Crippen molar-refractivity contribution in [2.24, 2.45) is 0 Å². The van der Waals surface area contributed by atoms with Gasteiger partial charge in [0.2, 0.25) is 0 Å². The van der Waals surface area contributed by atoms with Gasteiger partial charge in [0.15, 0.2) is 0 Å². The molecule has 1 N–H and O–H groups in total. The molecule has 3 rings (SSSR count). The second-order valence-corrected chi connectivity index (χ2v) is 4.48. The molecule has 5 heteroatoms. The van der Waals surface area contributed by atoms with E-state index in [1.165, 1.54) is 6.20 Å². The summed E-state index contributed by atoms with van der Waals surface area (Å²) < 4.78 is 5.16. The molecule has 2 heterocycles. The Kier molecular flexibility index (Phi) is 3.47. The summed E-state index contributed by atoms with van der Waals surface area (Å²) in [6.07, 6.45) is 4.77. The predicted molar refractivity (Wildman–Crippen MR) is 80.5 cm³/mol. The summed E-state index contributed by atoms with van der Waals surface area (Å²) in [6, 6.07) is 10.9. The zero-order valence-electron chi connectivity index (χ0n) is 11.4. The fraction of sp³-hybridized carbons (Fsp3) is 0.0625. The minimum Gasteiger partial charge on any atom is -0.497 e. The summed E-state index contributed by atoms with van der Waals surface area (Å²) >= 11 is 0. The van der Waals surface area contributed by atoms with Crippen LogP contribution in [-0.4, -0.2) is 23.0 Å². The van der Waals surface area contributed by atoms with Gasteiger partial charge in [-0.05, 0) is 30.3 Å². The van der Waals surface area contributed by atoms with Crippen LogP contribution in [0, 0.1) is 0 Å². The predicted octanol–water partition coefficient (Wildman–Crippen LogP) is 2.89. The van der Waals surface area contributed by atoms with Crippen LogP contribution in [0.25, 0.3) is 10.9 Å². The van der Waals surface area contributed by atoms with E-state index in [9.17, 15) is 4.79 Å². The molecule has 2 aromatic heterocycles. The molecule has 5 nitrogen and oxygen atoms in total. The minimum atomic E-state index is -0.210. The lowest BCUT2D eigenvalue weighted by molar-refractivity contribution is 0.102. The van der Waals surface area contributed by atoms with Crippen LogP contribution in [0.4, 0.5) is 5.69 Å². The van der Waals surface area contributed by atoms with Crippen LogP contribution in [0.1, 0.15) is 10.4 Å². The van der Waals surface area contributed by atoms with Crippen molar-refractivity contribution in [3.63, 3.8) is 0 Å². The standard InChI is InChI=1S/C16H13N3O2/c1-21-14-5-4-11-7-13(10-18-15(11)8-14)19-16(20)12-3-2-6-17-9-12/h2-10H,1H3,(H,19,20). The lowest BCUT2D eigenvalue weighted by Gasteiger charge is -2.07. The molecule has 0 saturated heterocycles. The Morgan fingerprint density at radius 1 is 1.19 bits per heavy atom. The molecular weight excluding hydrogens is 266 g/mol. The molecule has 1 aromatic carbocycles. The molecule has 0 radical (unpaired) electrons. The van der Waals surface area contributed by atoms with Gasteiger partial charge in [-0.2, -0.15) is 0 Å². The molecule has 21 heavy (non-hydrogen) atoms. The second-order valence-electron chi connectivity index (χ2n) is 4.48. The van der Waals surface area contributed by atoms with Crippen molar-refractivity contribution in [2.45, 2.75) is 0 Å². The van der Waals surface area contributed by atoms with Crippen molar-refractivity contribution < 1.29 is 9.53 Å². The number of nitrogens with zero attached hydrogens (tertiary/aromatic N) is 2. The molecule has 1 amide bonds. The number of carbonyl (C=O) groups is 1. The van der Waals surface area contributed by atoms with Gasteiger partial charge in [0.1, 0.15) is 5.75 Å². The maximum absolute atomic E-state index is 12.1. The van der Waals surface area contributed by atoms with Crippen LogP contribution >= 0.6 is 0 Å². The Bertz CT molecular complexity index is 788. The minimum absolute atomic E-state index is 0.210. The number of ether oxygens (including phenoxy) is 1. The zero-order valence-corrected chi connectivity index (χ0v) is 11.4. The van der Waals surface area contributed by atoms with E-state index in [1.807, 2.05) is 24.3 Å². The lowest BCUT2D eigenvalue weighted by atomic mass is 10.2. The maximum Gasteiger partial charge on any atom is 0.257 e. The van der Waals surface area contributed by atoms with Gasteiger partial charge in [-0.3, -0.25) is 14.8 Å². The molecule has 104 valence electrons. The number of benzene rings is 1. The quantitative estimate of drug-likeness (QED) is 0.800.